The van der Waals surface area contributed by atoms with E-state index in [4.69, 9.17) is 4.74 Å². The van der Waals surface area contributed by atoms with Crippen molar-refractivity contribution in [1.82, 2.24) is 10.2 Å². The van der Waals surface area contributed by atoms with Crippen LogP contribution in [0.2, 0.25) is 0 Å². The molecule has 1 aromatic carbocycles. The van der Waals surface area contributed by atoms with Crippen LogP contribution in [0.25, 0.3) is 10.1 Å². The summed E-state index contributed by atoms with van der Waals surface area (Å²) in [6, 6.07) is 11.4. The van der Waals surface area contributed by atoms with Crippen LogP contribution in [0.1, 0.15) is 57.8 Å². The Bertz CT molecular complexity index is 792. The van der Waals surface area contributed by atoms with E-state index in [0.717, 1.165) is 25.9 Å². The van der Waals surface area contributed by atoms with E-state index in [2.05, 4.69) is 40.5 Å². The molecular weight excluding hydrogens is 368 g/mol. The van der Waals surface area contributed by atoms with Crippen LogP contribution in [0.5, 0.6) is 0 Å². The van der Waals surface area contributed by atoms with E-state index in [1.165, 1.54) is 34.2 Å². The molecule has 4 rings (SSSR count). The highest BCUT2D eigenvalue weighted by atomic mass is 32.1. The topological polar surface area (TPSA) is 41.6 Å². The van der Waals surface area contributed by atoms with Gasteiger partial charge in [-0.1, -0.05) is 31.0 Å². The van der Waals surface area contributed by atoms with Gasteiger partial charge >= 0.3 is 6.09 Å². The number of hydrogen-bond acceptors (Lipinski definition) is 4. The van der Waals surface area contributed by atoms with E-state index in [9.17, 15) is 4.79 Å². The molecule has 1 aromatic heterocycles. The molecule has 4 nitrogen and oxygen atoms in total. The lowest BCUT2D eigenvalue weighted by Gasteiger charge is -2.35. The normalized spacial score (nSPS) is 25.1. The third-order valence-corrected chi connectivity index (χ3v) is 7.07. The molecule has 0 bridgehead atoms. The molecule has 2 aromatic rings. The fourth-order valence-corrected chi connectivity index (χ4v) is 5.86. The first-order valence-corrected chi connectivity index (χ1v) is 11.4. The van der Waals surface area contributed by atoms with Gasteiger partial charge in [0.25, 0.3) is 0 Å². The second-order valence-electron chi connectivity index (χ2n) is 9.27. The van der Waals surface area contributed by atoms with E-state index < -0.39 is 5.60 Å². The Labute approximate surface area is 172 Å². The number of nitrogens with zero attached hydrogens (tertiary/aromatic N) is 1. The van der Waals surface area contributed by atoms with Crippen molar-refractivity contribution < 1.29 is 9.53 Å². The molecule has 1 aliphatic carbocycles. The Morgan fingerprint density at radius 1 is 1.25 bits per heavy atom. The summed E-state index contributed by atoms with van der Waals surface area (Å²) in [6.07, 6.45) is 5.86. The minimum atomic E-state index is -0.446. The Morgan fingerprint density at radius 2 is 2.04 bits per heavy atom. The van der Waals surface area contributed by atoms with E-state index in [1.807, 2.05) is 32.1 Å². The summed E-state index contributed by atoms with van der Waals surface area (Å²) in [5.41, 5.74) is -0.446. The largest absolute Gasteiger partial charge is 0.444 e. The van der Waals surface area contributed by atoms with Crippen LogP contribution < -0.4 is 5.32 Å². The molecule has 152 valence electrons. The first-order chi connectivity index (χ1) is 13.4. The van der Waals surface area contributed by atoms with Crippen LogP contribution in [0, 0.1) is 5.92 Å². The number of thiophene rings is 1. The number of rotatable bonds is 4. The van der Waals surface area contributed by atoms with E-state index in [-0.39, 0.29) is 12.1 Å². The van der Waals surface area contributed by atoms with Gasteiger partial charge in [0.1, 0.15) is 5.60 Å². The predicted octanol–water partition coefficient (Wildman–Crippen LogP) is 5.56. The average Bonchev–Trinajstić information content (AvgIpc) is 3.20. The highest BCUT2D eigenvalue weighted by Crippen LogP contribution is 2.40. The highest BCUT2D eigenvalue weighted by Gasteiger charge is 2.45. The standard InChI is InChI=1S/C23H32N2O2S/c1-23(2,3)27-22(26)25-18(12-16-8-4-6-10-20(16)25)14-24-15-19-13-17-9-5-7-11-21(17)28-19/h5,7,9,11,13,16,18,20,24H,4,6,8,10,12,14-15H2,1-3H3/t16-,18+,20-/m0/s1. The van der Waals surface area contributed by atoms with Gasteiger partial charge < -0.3 is 15.0 Å². The smallest absolute Gasteiger partial charge is 0.410 e. The lowest BCUT2D eigenvalue weighted by atomic mass is 9.85. The number of hydrogen-bond donors (Lipinski definition) is 1. The van der Waals surface area contributed by atoms with Crippen LogP contribution in [0.3, 0.4) is 0 Å². The van der Waals surface area contributed by atoms with Gasteiger partial charge in [0.2, 0.25) is 0 Å². The summed E-state index contributed by atoms with van der Waals surface area (Å²) in [6.45, 7) is 7.55. The van der Waals surface area contributed by atoms with E-state index in [1.54, 1.807) is 0 Å². The molecule has 2 aliphatic rings. The van der Waals surface area contributed by atoms with Gasteiger partial charge in [-0.25, -0.2) is 4.79 Å². The first-order valence-electron chi connectivity index (χ1n) is 10.6. The van der Waals surface area contributed by atoms with Crippen LogP contribution in [0.4, 0.5) is 4.79 Å². The van der Waals surface area contributed by atoms with Gasteiger partial charge in [0.05, 0.1) is 0 Å². The van der Waals surface area contributed by atoms with Gasteiger partial charge in [-0.2, -0.15) is 0 Å². The summed E-state index contributed by atoms with van der Waals surface area (Å²) in [5, 5.41) is 4.93. The molecule has 1 saturated heterocycles. The summed E-state index contributed by atoms with van der Waals surface area (Å²) >= 11 is 1.85. The van der Waals surface area contributed by atoms with Gasteiger partial charge in [-0.3, -0.25) is 0 Å². The van der Waals surface area contributed by atoms with Gasteiger partial charge in [-0.05, 0) is 63.5 Å². The lowest BCUT2D eigenvalue weighted by Crippen LogP contribution is -2.48. The number of carbonyl (C=O) groups excluding carboxylic acids is 1. The molecule has 2 fully saturated rings. The first kappa shape index (κ1) is 19.7. The van der Waals surface area contributed by atoms with Crippen molar-refractivity contribution >= 4 is 27.5 Å². The maximum atomic E-state index is 13.0. The van der Waals surface area contributed by atoms with Gasteiger partial charge in [-0.15, -0.1) is 11.3 Å². The third-order valence-electron chi connectivity index (χ3n) is 5.95. The number of ether oxygens (including phenoxy) is 1. The number of nitrogens with one attached hydrogen (secondary N) is 1. The Kier molecular flexibility index (Phi) is 5.66. The zero-order valence-corrected chi connectivity index (χ0v) is 18.1. The van der Waals surface area contributed by atoms with Crippen molar-refractivity contribution in [3.05, 3.63) is 35.2 Å². The minimum absolute atomic E-state index is 0.129. The highest BCUT2D eigenvalue weighted by molar-refractivity contribution is 7.19. The number of amides is 1. The minimum Gasteiger partial charge on any atom is -0.444 e. The van der Waals surface area contributed by atoms with Crippen molar-refractivity contribution in [2.75, 3.05) is 6.54 Å². The van der Waals surface area contributed by atoms with Crippen molar-refractivity contribution in [2.24, 2.45) is 5.92 Å². The maximum absolute atomic E-state index is 13.0. The lowest BCUT2D eigenvalue weighted by molar-refractivity contribution is 0.0104. The predicted molar refractivity (Wildman–Crippen MR) is 116 cm³/mol. The molecule has 0 radical (unpaired) electrons. The molecule has 0 spiro atoms. The average molecular weight is 401 g/mol. The maximum Gasteiger partial charge on any atom is 0.410 e. The number of carbonyl (C=O) groups is 1. The fraction of sp³-hybridized carbons (Fsp3) is 0.609. The molecule has 0 unspecified atom stereocenters. The number of benzene rings is 1. The molecule has 1 N–H and O–H groups in total. The van der Waals surface area contributed by atoms with Crippen LogP contribution >= 0.6 is 11.3 Å². The molecule has 3 atom stereocenters. The molecule has 5 heteroatoms. The zero-order valence-electron chi connectivity index (χ0n) is 17.2. The third kappa shape index (κ3) is 4.36. The Balaban J connectivity index is 1.41. The monoisotopic (exact) mass is 400 g/mol. The molecule has 1 amide bonds. The zero-order chi connectivity index (χ0) is 19.7. The summed E-state index contributed by atoms with van der Waals surface area (Å²) in [5.74, 6) is 0.636. The molecule has 1 aliphatic heterocycles. The second kappa shape index (κ2) is 8.03. The number of likely N-dealkylation sites (tertiary alicyclic amines) is 1. The fourth-order valence-electron chi connectivity index (χ4n) is 4.83. The van der Waals surface area contributed by atoms with E-state index in [0.29, 0.717) is 12.0 Å². The SMILES string of the molecule is CC(C)(C)OC(=O)N1[C@@H](CNCc2cc3ccccc3s2)C[C@@H]2CCCC[C@@H]21. The Hall–Kier alpha value is -1.59. The summed E-state index contributed by atoms with van der Waals surface area (Å²) in [7, 11) is 0. The van der Waals surface area contributed by atoms with E-state index >= 15 is 0 Å². The van der Waals surface area contributed by atoms with Crippen molar-refractivity contribution in [3.63, 3.8) is 0 Å². The van der Waals surface area contributed by atoms with Crippen LogP contribution in [-0.2, 0) is 11.3 Å². The van der Waals surface area contributed by atoms with Crippen molar-refractivity contribution in [3.8, 4) is 0 Å². The van der Waals surface area contributed by atoms with Crippen molar-refractivity contribution in [1.29, 1.82) is 0 Å². The van der Waals surface area contributed by atoms with Crippen molar-refractivity contribution in [2.45, 2.75) is 77.1 Å². The quantitative estimate of drug-likeness (QED) is 0.730. The summed E-state index contributed by atoms with van der Waals surface area (Å²) < 4.78 is 7.10. The Morgan fingerprint density at radius 3 is 2.82 bits per heavy atom. The molecule has 28 heavy (non-hydrogen) atoms. The second-order valence-corrected chi connectivity index (χ2v) is 10.4. The van der Waals surface area contributed by atoms with Crippen LogP contribution in [-0.4, -0.2) is 35.2 Å². The number of fused-ring (bicyclic) bond motifs is 2. The summed E-state index contributed by atoms with van der Waals surface area (Å²) in [4.78, 5) is 16.4. The van der Waals surface area contributed by atoms with Gasteiger partial charge in [0.15, 0.2) is 0 Å². The van der Waals surface area contributed by atoms with Crippen LogP contribution in [0.15, 0.2) is 30.3 Å². The molecule has 1 saturated carbocycles. The molecule has 2 heterocycles. The van der Waals surface area contributed by atoms with Gasteiger partial charge in [0, 0.05) is 34.8 Å². The molecular formula is C23H32N2O2S.